The summed E-state index contributed by atoms with van der Waals surface area (Å²) >= 11 is 0. The first-order valence-corrected chi connectivity index (χ1v) is 10.9. The summed E-state index contributed by atoms with van der Waals surface area (Å²) in [5.74, 6) is -4.61. The summed E-state index contributed by atoms with van der Waals surface area (Å²) in [6.45, 7) is 9.62. The van der Waals surface area contributed by atoms with Crippen LogP contribution in [-0.2, 0) is 23.7 Å². The number of carbonyl (C=O) groups is 2. The molecule has 1 aromatic heterocycles. The third-order valence-electron chi connectivity index (χ3n) is 5.95. The van der Waals surface area contributed by atoms with E-state index < -0.39 is 34.8 Å². The monoisotopic (exact) mass is 477 g/mol. The number of aromatic nitrogens is 2. The van der Waals surface area contributed by atoms with Crippen molar-refractivity contribution in [2.24, 2.45) is 5.41 Å². The molecule has 1 atom stereocenters. The molecule has 2 N–H and O–H groups in total. The van der Waals surface area contributed by atoms with Crippen LogP contribution in [0.4, 0.5) is 18.0 Å². The molecule has 1 aliphatic rings. The molecule has 1 unspecified atom stereocenters. The Bertz CT molecular complexity index is 1120. The standard InChI is InChI=1S/C24H30F3N5O2/c1-7-24(26,27)14-8-9-15(17(25)12-14)19-16-13-31(6)11-10-18(16)32(30-19)22(34)29-20(21(33)28-5)23(2,3)4/h7-9,12,20H,1,10-11,13H2,2-6H3,(H,28,33)(H,29,34). The predicted molar refractivity (Wildman–Crippen MR) is 123 cm³/mol. The van der Waals surface area contributed by atoms with E-state index in [1.165, 1.54) is 13.1 Å². The van der Waals surface area contributed by atoms with Gasteiger partial charge in [0.25, 0.3) is 5.92 Å². The first kappa shape index (κ1) is 25.5. The lowest BCUT2D eigenvalue weighted by Gasteiger charge is -2.30. The lowest BCUT2D eigenvalue weighted by molar-refractivity contribution is -0.124. The molecule has 10 heteroatoms. The van der Waals surface area contributed by atoms with Crippen molar-refractivity contribution in [2.45, 2.75) is 45.7 Å². The Morgan fingerprint density at radius 3 is 2.50 bits per heavy atom. The molecular weight excluding hydrogens is 447 g/mol. The highest BCUT2D eigenvalue weighted by Gasteiger charge is 2.35. The van der Waals surface area contributed by atoms with Crippen LogP contribution in [0.1, 0.15) is 37.6 Å². The fraction of sp³-hybridized carbons (Fsp3) is 0.458. The number of hydrogen-bond acceptors (Lipinski definition) is 4. The van der Waals surface area contributed by atoms with E-state index in [2.05, 4.69) is 22.3 Å². The van der Waals surface area contributed by atoms with Crippen molar-refractivity contribution < 1.29 is 22.8 Å². The zero-order valence-corrected chi connectivity index (χ0v) is 20.0. The SMILES string of the molecule is C=CC(F)(F)c1ccc(-c2nn(C(=O)NC(C(=O)NC)C(C)(C)C)c3c2CN(C)CC3)c(F)c1. The molecule has 1 aromatic carbocycles. The fourth-order valence-electron chi connectivity index (χ4n) is 3.97. The summed E-state index contributed by atoms with van der Waals surface area (Å²) in [4.78, 5) is 27.6. The minimum atomic E-state index is -3.37. The van der Waals surface area contributed by atoms with E-state index in [0.717, 1.165) is 16.8 Å². The van der Waals surface area contributed by atoms with Gasteiger partial charge in [0.15, 0.2) is 0 Å². The molecule has 34 heavy (non-hydrogen) atoms. The van der Waals surface area contributed by atoms with Crippen molar-refractivity contribution >= 4 is 11.9 Å². The van der Waals surface area contributed by atoms with Gasteiger partial charge < -0.3 is 15.5 Å². The molecular formula is C24H30F3N5O2. The molecule has 7 nitrogen and oxygen atoms in total. The molecule has 0 fully saturated rings. The second-order valence-electron chi connectivity index (χ2n) is 9.56. The summed E-state index contributed by atoms with van der Waals surface area (Å²) in [7, 11) is 3.37. The minimum absolute atomic E-state index is 0.0142. The Morgan fingerprint density at radius 1 is 1.26 bits per heavy atom. The normalized spacial score (nSPS) is 15.4. The maximum absolute atomic E-state index is 15.0. The lowest BCUT2D eigenvalue weighted by Crippen LogP contribution is -2.54. The van der Waals surface area contributed by atoms with Gasteiger partial charge in [0.1, 0.15) is 17.6 Å². The zero-order valence-electron chi connectivity index (χ0n) is 20.0. The molecule has 3 rings (SSSR count). The maximum Gasteiger partial charge on any atom is 0.343 e. The number of nitrogens with one attached hydrogen (secondary N) is 2. The quantitative estimate of drug-likeness (QED) is 0.644. The smallest absolute Gasteiger partial charge is 0.343 e. The van der Waals surface area contributed by atoms with Crippen molar-refractivity contribution in [2.75, 3.05) is 20.6 Å². The number of benzene rings is 1. The van der Waals surface area contributed by atoms with Gasteiger partial charge in [-0.2, -0.15) is 18.6 Å². The van der Waals surface area contributed by atoms with Crippen LogP contribution in [0.25, 0.3) is 11.3 Å². The van der Waals surface area contributed by atoms with Gasteiger partial charge in [0.05, 0.1) is 5.69 Å². The Morgan fingerprint density at radius 2 is 1.94 bits per heavy atom. The van der Waals surface area contributed by atoms with E-state index in [0.29, 0.717) is 36.8 Å². The summed E-state index contributed by atoms with van der Waals surface area (Å²) in [5.41, 5.74) is 0.346. The van der Waals surface area contributed by atoms with Crippen LogP contribution in [-0.4, -0.2) is 53.3 Å². The van der Waals surface area contributed by atoms with Crippen molar-refractivity contribution in [3.05, 3.63) is 53.5 Å². The number of hydrogen-bond donors (Lipinski definition) is 2. The Kier molecular flexibility index (Phi) is 6.93. The molecule has 1 aliphatic heterocycles. The Labute approximate surface area is 197 Å². The number of alkyl halides is 2. The topological polar surface area (TPSA) is 79.3 Å². The summed E-state index contributed by atoms with van der Waals surface area (Å²) < 4.78 is 44.1. The van der Waals surface area contributed by atoms with E-state index in [9.17, 15) is 18.4 Å². The van der Waals surface area contributed by atoms with Crippen LogP contribution < -0.4 is 10.6 Å². The van der Waals surface area contributed by atoms with Gasteiger partial charge in [0, 0.05) is 43.2 Å². The number of likely N-dealkylation sites (N-methyl/N-ethyl adjacent to an activating group) is 2. The number of carbonyl (C=O) groups excluding carboxylic acids is 2. The highest BCUT2D eigenvalue weighted by molar-refractivity contribution is 5.88. The van der Waals surface area contributed by atoms with Crippen LogP contribution in [0, 0.1) is 11.2 Å². The van der Waals surface area contributed by atoms with Crippen molar-refractivity contribution in [1.29, 1.82) is 0 Å². The number of fused-ring (bicyclic) bond motifs is 1. The summed E-state index contributed by atoms with van der Waals surface area (Å²) in [6.07, 6.45) is 0.927. The highest BCUT2D eigenvalue weighted by Crippen LogP contribution is 2.35. The molecule has 0 radical (unpaired) electrons. The van der Waals surface area contributed by atoms with Gasteiger partial charge in [0.2, 0.25) is 5.91 Å². The number of allylic oxidation sites excluding steroid dienone is 1. The van der Waals surface area contributed by atoms with Gasteiger partial charge in [-0.15, -0.1) is 0 Å². The molecule has 0 aliphatic carbocycles. The molecule has 184 valence electrons. The number of amides is 2. The summed E-state index contributed by atoms with van der Waals surface area (Å²) in [5, 5.41) is 9.67. The van der Waals surface area contributed by atoms with E-state index in [1.54, 1.807) is 0 Å². The van der Waals surface area contributed by atoms with Crippen LogP contribution in [0.15, 0.2) is 30.9 Å². The Hall–Kier alpha value is -3.14. The van der Waals surface area contributed by atoms with E-state index in [4.69, 9.17) is 0 Å². The van der Waals surface area contributed by atoms with Crippen LogP contribution in [0.2, 0.25) is 0 Å². The largest absolute Gasteiger partial charge is 0.357 e. The highest BCUT2D eigenvalue weighted by atomic mass is 19.3. The number of halogens is 3. The third kappa shape index (κ3) is 4.86. The predicted octanol–water partition coefficient (Wildman–Crippen LogP) is 3.67. The van der Waals surface area contributed by atoms with Crippen LogP contribution in [0.5, 0.6) is 0 Å². The molecule has 0 spiro atoms. The molecule has 0 bridgehead atoms. The zero-order chi connectivity index (χ0) is 25.4. The van der Waals surface area contributed by atoms with Crippen molar-refractivity contribution in [3.63, 3.8) is 0 Å². The van der Waals surface area contributed by atoms with Gasteiger partial charge in [-0.1, -0.05) is 33.4 Å². The lowest BCUT2D eigenvalue weighted by atomic mass is 9.86. The second-order valence-corrected chi connectivity index (χ2v) is 9.56. The molecule has 2 amide bonds. The van der Waals surface area contributed by atoms with Crippen molar-refractivity contribution in [1.82, 2.24) is 25.3 Å². The molecule has 0 saturated heterocycles. The molecule has 2 heterocycles. The van der Waals surface area contributed by atoms with E-state index in [1.807, 2.05) is 32.7 Å². The number of nitrogens with zero attached hydrogens (tertiary/aromatic N) is 3. The van der Waals surface area contributed by atoms with Crippen LogP contribution in [0.3, 0.4) is 0 Å². The number of rotatable bonds is 5. The fourth-order valence-corrected chi connectivity index (χ4v) is 3.97. The van der Waals surface area contributed by atoms with E-state index in [-0.39, 0.29) is 17.2 Å². The van der Waals surface area contributed by atoms with Gasteiger partial charge in [-0.25, -0.2) is 9.18 Å². The van der Waals surface area contributed by atoms with Gasteiger partial charge in [-0.05, 0) is 30.7 Å². The van der Waals surface area contributed by atoms with Crippen LogP contribution >= 0.6 is 0 Å². The van der Waals surface area contributed by atoms with Gasteiger partial charge >= 0.3 is 6.03 Å². The second kappa shape index (κ2) is 9.25. The first-order valence-electron chi connectivity index (χ1n) is 10.9. The molecule has 2 aromatic rings. The summed E-state index contributed by atoms with van der Waals surface area (Å²) in [6, 6.07) is 1.67. The molecule has 0 saturated carbocycles. The van der Waals surface area contributed by atoms with E-state index >= 15 is 4.39 Å². The average molecular weight is 478 g/mol. The third-order valence-corrected chi connectivity index (χ3v) is 5.95. The van der Waals surface area contributed by atoms with Gasteiger partial charge in [-0.3, -0.25) is 4.79 Å². The maximum atomic E-state index is 15.0. The Balaban J connectivity index is 2.07. The van der Waals surface area contributed by atoms with Crippen molar-refractivity contribution in [3.8, 4) is 11.3 Å². The first-order chi connectivity index (χ1) is 15.8. The minimum Gasteiger partial charge on any atom is -0.357 e. The average Bonchev–Trinajstić information content (AvgIpc) is 3.14.